The van der Waals surface area contributed by atoms with Crippen LogP contribution >= 0.6 is 0 Å². The zero-order valence-electron chi connectivity index (χ0n) is 15.7. The summed E-state index contributed by atoms with van der Waals surface area (Å²) in [6, 6.07) is 16.8. The summed E-state index contributed by atoms with van der Waals surface area (Å²) in [5, 5.41) is 0. The van der Waals surface area contributed by atoms with E-state index in [-0.39, 0.29) is 17.3 Å². The minimum atomic E-state index is -0.234. The van der Waals surface area contributed by atoms with E-state index in [4.69, 9.17) is 0 Å². The van der Waals surface area contributed by atoms with Crippen molar-refractivity contribution in [2.45, 2.75) is 26.2 Å². The Morgan fingerprint density at radius 1 is 0.893 bits per heavy atom. The van der Waals surface area contributed by atoms with Crippen molar-refractivity contribution in [1.29, 1.82) is 0 Å². The Balaban J connectivity index is 1.48. The fourth-order valence-corrected chi connectivity index (χ4v) is 3.45. The van der Waals surface area contributed by atoms with Gasteiger partial charge in [0.25, 0.3) is 0 Å². The molecule has 4 nitrogen and oxygen atoms in total. The fraction of sp³-hybridized carbons (Fsp3) is 0.167. The number of carbonyl (C=O) groups is 2. The smallest absolute Gasteiger partial charge is 0.205 e. The molecule has 0 aliphatic heterocycles. The standard InChI is InChI=1S/C24H20N2O2/c1-16-5-7-17(8-6-16)9-10-18-3-2-4-19(11-18)12-20-13-22(27)23-21(24(20)28)14-25-15-26-23/h2-8,11,13-15H,9-10,12H2,1H3. The number of carbonyl (C=O) groups excluding carboxylic acids is 2. The molecule has 1 aliphatic carbocycles. The number of fused-ring (bicyclic) bond motifs is 1. The van der Waals surface area contributed by atoms with E-state index < -0.39 is 0 Å². The first-order valence-corrected chi connectivity index (χ1v) is 9.33. The molecule has 138 valence electrons. The molecular formula is C24H20N2O2. The molecule has 3 aromatic rings. The minimum Gasteiger partial charge on any atom is -0.289 e. The predicted molar refractivity (Wildman–Crippen MR) is 108 cm³/mol. The normalized spacial score (nSPS) is 13.2. The number of hydrogen-bond donors (Lipinski definition) is 0. The van der Waals surface area contributed by atoms with Crippen molar-refractivity contribution in [2.24, 2.45) is 0 Å². The Morgan fingerprint density at radius 2 is 1.64 bits per heavy atom. The van der Waals surface area contributed by atoms with Crippen LogP contribution < -0.4 is 0 Å². The Bertz CT molecular complexity index is 1080. The highest BCUT2D eigenvalue weighted by Gasteiger charge is 2.26. The van der Waals surface area contributed by atoms with Gasteiger partial charge in [0.15, 0.2) is 5.78 Å². The van der Waals surface area contributed by atoms with Crippen LogP contribution in [-0.4, -0.2) is 21.5 Å². The fourth-order valence-electron chi connectivity index (χ4n) is 3.45. The van der Waals surface area contributed by atoms with Crippen LogP contribution in [0.25, 0.3) is 0 Å². The van der Waals surface area contributed by atoms with Crippen molar-refractivity contribution in [3.63, 3.8) is 0 Å². The van der Waals surface area contributed by atoms with Crippen molar-refractivity contribution in [2.75, 3.05) is 0 Å². The SMILES string of the molecule is Cc1ccc(CCc2cccc(CC3=CC(=O)c4ncncc4C3=O)c2)cc1. The van der Waals surface area contributed by atoms with Crippen LogP contribution in [0.3, 0.4) is 0 Å². The van der Waals surface area contributed by atoms with Crippen molar-refractivity contribution >= 4 is 11.6 Å². The lowest BCUT2D eigenvalue weighted by atomic mass is 9.89. The maximum absolute atomic E-state index is 12.7. The van der Waals surface area contributed by atoms with Gasteiger partial charge in [0.2, 0.25) is 5.78 Å². The van der Waals surface area contributed by atoms with Crippen LogP contribution in [0.5, 0.6) is 0 Å². The van der Waals surface area contributed by atoms with Gasteiger partial charge in [-0.25, -0.2) is 9.97 Å². The topological polar surface area (TPSA) is 59.9 Å². The summed E-state index contributed by atoms with van der Waals surface area (Å²) >= 11 is 0. The molecule has 0 spiro atoms. The van der Waals surface area contributed by atoms with Gasteiger partial charge in [0.05, 0.1) is 5.56 Å². The number of rotatable bonds is 5. The summed E-state index contributed by atoms with van der Waals surface area (Å²) in [6.07, 6.45) is 6.45. The molecule has 28 heavy (non-hydrogen) atoms. The zero-order valence-corrected chi connectivity index (χ0v) is 15.7. The first-order chi connectivity index (χ1) is 13.6. The molecule has 4 heteroatoms. The van der Waals surface area contributed by atoms with E-state index in [0.717, 1.165) is 18.4 Å². The third kappa shape index (κ3) is 3.81. The molecule has 0 saturated carbocycles. The highest BCUT2D eigenvalue weighted by Crippen LogP contribution is 2.22. The van der Waals surface area contributed by atoms with E-state index in [0.29, 0.717) is 17.6 Å². The monoisotopic (exact) mass is 368 g/mol. The van der Waals surface area contributed by atoms with Crippen molar-refractivity contribution in [3.05, 3.63) is 106 Å². The summed E-state index contributed by atoms with van der Waals surface area (Å²) in [5.74, 6) is -0.400. The van der Waals surface area contributed by atoms with E-state index in [1.807, 2.05) is 12.1 Å². The summed E-state index contributed by atoms with van der Waals surface area (Å²) in [7, 11) is 0. The second-order valence-corrected chi connectivity index (χ2v) is 7.13. The molecule has 0 radical (unpaired) electrons. The quantitative estimate of drug-likeness (QED) is 0.680. The Morgan fingerprint density at radius 3 is 2.46 bits per heavy atom. The second kappa shape index (κ2) is 7.69. The number of Topliss-reactive ketones (excluding diaryl/α,β-unsaturated/α-hetero) is 1. The van der Waals surface area contributed by atoms with Crippen LogP contribution in [0.4, 0.5) is 0 Å². The molecule has 0 bridgehead atoms. The van der Waals surface area contributed by atoms with Gasteiger partial charge < -0.3 is 0 Å². The number of ketones is 2. The Labute approximate surface area is 164 Å². The van der Waals surface area contributed by atoms with Gasteiger partial charge in [-0.1, -0.05) is 54.1 Å². The van der Waals surface area contributed by atoms with Crippen molar-refractivity contribution in [1.82, 2.24) is 9.97 Å². The number of allylic oxidation sites excluding steroid dienone is 2. The van der Waals surface area contributed by atoms with Crippen LogP contribution in [-0.2, 0) is 19.3 Å². The van der Waals surface area contributed by atoms with Gasteiger partial charge in [0.1, 0.15) is 12.0 Å². The molecule has 0 N–H and O–H groups in total. The van der Waals surface area contributed by atoms with Crippen molar-refractivity contribution < 1.29 is 9.59 Å². The lowest BCUT2D eigenvalue weighted by molar-refractivity contribution is 0.0978. The van der Waals surface area contributed by atoms with Gasteiger partial charge in [-0.3, -0.25) is 9.59 Å². The Kier molecular flexibility index (Phi) is 4.94. The van der Waals surface area contributed by atoms with Gasteiger partial charge in [0, 0.05) is 18.2 Å². The van der Waals surface area contributed by atoms with E-state index in [1.165, 1.54) is 35.3 Å². The molecule has 4 rings (SSSR count). The highest BCUT2D eigenvalue weighted by molar-refractivity contribution is 6.23. The summed E-state index contributed by atoms with van der Waals surface area (Å²) in [5.41, 5.74) is 5.78. The molecule has 0 saturated heterocycles. The maximum Gasteiger partial charge on any atom is 0.205 e. The van der Waals surface area contributed by atoms with Crippen LogP contribution in [0.1, 0.15) is 43.1 Å². The molecular weight excluding hydrogens is 348 g/mol. The molecule has 0 unspecified atom stereocenters. The largest absolute Gasteiger partial charge is 0.289 e. The first kappa shape index (κ1) is 18.0. The average molecular weight is 368 g/mol. The lowest BCUT2D eigenvalue weighted by Gasteiger charge is -2.14. The van der Waals surface area contributed by atoms with Crippen molar-refractivity contribution in [3.8, 4) is 0 Å². The average Bonchev–Trinajstić information content (AvgIpc) is 2.72. The summed E-state index contributed by atoms with van der Waals surface area (Å²) in [4.78, 5) is 32.8. The number of aryl methyl sites for hydroxylation is 3. The Hall–Kier alpha value is -3.40. The van der Waals surface area contributed by atoms with E-state index in [9.17, 15) is 9.59 Å². The third-order valence-electron chi connectivity index (χ3n) is 5.00. The van der Waals surface area contributed by atoms with Gasteiger partial charge >= 0.3 is 0 Å². The molecule has 0 amide bonds. The molecule has 1 aromatic heterocycles. The summed E-state index contributed by atoms with van der Waals surface area (Å²) in [6.45, 7) is 2.09. The zero-order chi connectivity index (χ0) is 19.5. The van der Waals surface area contributed by atoms with E-state index >= 15 is 0 Å². The number of nitrogens with zero attached hydrogens (tertiary/aromatic N) is 2. The molecule has 2 aromatic carbocycles. The van der Waals surface area contributed by atoms with Gasteiger partial charge in [-0.15, -0.1) is 0 Å². The summed E-state index contributed by atoms with van der Waals surface area (Å²) < 4.78 is 0. The molecule has 0 atom stereocenters. The molecule has 1 aliphatic rings. The lowest BCUT2D eigenvalue weighted by Crippen LogP contribution is -2.20. The van der Waals surface area contributed by atoms with Gasteiger partial charge in [-0.2, -0.15) is 0 Å². The third-order valence-corrected chi connectivity index (χ3v) is 5.00. The van der Waals surface area contributed by atoms with E-state index in [2.05, 4.69) is 53.3 Å². The van der Waals surface area contributed by atoms with Crippen LogP contribution in [0, 0.1) is 6.92 Å². The number of aromatic nitrogens is 2. The van der Waals surface area contributed by atoms with E-state index in [1.54, 1.807) is 0 Å². The predicted octanol–water partition coefficient (Wildman–Crippen LogP) is 4.12. The van der Waals surface area contributed by atoms with Gasteiger partial charge in [-0.05, 0) is 42.5 Å². The van der Waals surface area contributed by atoms with Crippen LogP contribution in [0.15, 0.2) is 72.7 Å². The molecule has 1 heterocycles. The number of benzene rings is 2. The highest BCUT2D eigenvalue weighted by atomic mass is 16.1. The van der Waals surface area contributed by atoms with Crippen LogP contribution in [0.2, 0.25) is 0 Å². The second-order valence-electron chi connectivity index (χ2n) is 7.13. The first-order valence-electron chi connectivity index (χ1n) is 9.33. The molecule has 0 fully saturated rings. The maximum atomic E-state index is 12.7. The number of hydrogen-bond acceptors (Lipinski definition) is 4. The minimum absolute atomic E-state index is 0.166.